The third-order valence-corrected chi connectivity index (χ3v) is 3.15. The second kappa shape index (κ2) is 4.61. The topological polar surface area (TPSA) is 80.7 Å². The Morgan fingerprint density at radius 1 is 1.29 bits per heavy atom. The van der Waals surface area contributed by atoms with Crippen molar-refractivity contribution in [3.8, 4) is 0 Å². The second-order valence-corrected chi connectivity index (χ2v) is 4.94. The lowest BCUT2D eigenvalue weighted by molar-refractivity contribution is 0.355. The van der Waals surface area contributed by atoms with Gasteiger partial charge < -0.3 is 0 Å². The zero-order valence-electron chi connectivity index (χ0n) is 7.03. The number of hydrogen-bond acceptors (Lipinski definition) is 4. The zero-order chi connectivity index (χ0) is 10.6. The first-order valence-corrected chi connectivity index (χ1v) is 6.41. The average Bonchev–Trinajstić information content (AvgIpc) is 2.16. The van der Waals surface area contributed by atoms with Crippen LogP contribution in [0, 0.1) is 0 Å². The predicted molar refractivity (Wildman–Crippen MR) is 49.4 cm³/mol. The SMILES string of the molecule is O=[P+](O)COS(=O)(=O)c1ccccc1. The fourth-order valence-electron chi connectivity index (χ4n) is 0.770. The van der Waals surface area contributed by atoms with Gasteiger partial charge in [0.05, 0.1) is 4.90 Å². The number of benzene rings is 1. The summed E-state index contributed by atoms with van der Waals surface area (Å²) in [5.41, 5.74) is 0. The van der Waals surface area contributed by atoms with Crippen LogP contribution in [0.25, 0.3) is 0 Å². The lowest BCUT2D eigenvalue weighted by atomic mass is 10.4. The maximum atomic E-state index is 11.3. The van der Waals surface area contributed by atoms with Crippen molar-refractivity contribution in [1.82, 2.24) is 0 Å². The molecular formula is C7H8O5PS+. The normalized spacial score (nSPS) is 12.5. The van der Waals surface area contributed by atoms with Crippen molar-refractivity contribution < 1.29 is 22.1 Å². The molecule has 0 saturated heterocycles. The maximum absolute atomic E-state index is 11.3. The first-order chi connectivity index (χ1) is 6.52. The fraction of sp³-hybridized carbons (Fsp3) is 0.143. The van der Waals surface area contributed by atoms with Gasteiger partial charge in [-0.05, 0) is 16.7 Å². The van der Waals surface area contributed by atoms with Gasteiger partial charge in [-0.15, -0.1) is 0 Å². The molecule has 5 nitrogen and oxygen atoms in total. The van der Waals surface area contributed by atoms with Crippen molar-refractivity contribution in [2.45, 2.75) is 4.90 Å². The Morgan fingerprint density at radius 2 is 1.86 bits per heavy atom. The largest absolute Gasteiger partial charge is 0.535 e. The number of rotatable bonds is 4. The van der Waals surface area contributed by atoms with Gasteiger partial charge in [0.25, 0.3) is 6.35 Å². The van der Waals surface area contributed by atoms with Crippen molar-refractivity contribution in [2.24, 2.45) is 0 Å². The van der Waals surface area contributed by atoms with Crippen molar-refractivity contribution in [1.29, 1.82) is 0 Å². The Labute approximate surface area is 82.3 Å². The van der Waals surface area contributed by atoms with Crippen LogP contribution in [0.1, 0.15) is 0 Å². The first kappa shape index (κ1) is 11.3. The summed E-state index contributed by atoms with van der Waals surface area (Å²) in [4.78, 5) is 8.35. The van der Waals surface area contributed by atoms with E-state index in [-0.39, 0.29) is 4.90 Å². The summed E-state index contributed by atoms with van der Waals surface area (Å²) in [7, 11) is -6.51. The van der Waals surface area contributed by atoms with Gasteiger partial charge in [-0.3, -0.25) is 0 Å². The van der Waals surface area contributed by atoms with Crippen molar-refractivity contribution in [3.63, 3.8) is 0 Å². The molecule has 1 unspecified atom stereocenters. The number of hydrogen-bond donors (Lipinski definition) is 1. The molecule has 0 radical (unpaired) electrons. The Bertz CT molecular complexity index is 413. The smallest absolute Gasteiger partial charge is 0.213 e. The summed E-state index contributed by atoms with van der Waals surface area (Å²) in [5, 5.41) is 0. The third kappa shape index (κ3) is 3.16. The molecule has 0 aliphatic rings. The van der Waals surface area contributed by atoms with Gasteiger partial charge in [0, 0.05) is 0 Å². The maximum Gasteiger partial charge on any atom is 0.535 e. The van der Waals surface area contributed by atoms with E-state index < -0.39 is 24.5 Å². The van der Waals surface area contributed by atoms with Crippen LogP contribution in [-0.2, 0) is 18.9 Å². The summed E-state index contributed by atoms with van der Waals surface area (Å²) in [6.45, 7) is 0. The molecule has 1 rings (SSSR count). The molecule has 0 aliphatic heterocycles. The van der Waals surface area contributed by atoms with E-state index in [1.165, 1.54) is 24.3 Å². The van der Waals surface area contributed by atoms with Crippen LogP contribution < -0.4 is 0 Å². The Balaban J connectivity index is 2.82. The van der Waals surface area contributed by atoms with Crippen molar-refractivity contribution >= 4 is 18.1 Å². The van der Waals surface area contributed by atoms with Crippen LogP contribution in [0.2, 0.25) is 0 Å². The van der Waals surface area contributed by atoms with E-state index >= 15 is 0 Å². The molecule has 0 aromatic heterocycles. The van der Waals surface area contributed by atoms with Crippen molar-refractivity contribution in [3.05, 3.63) is 30.3 Å². The fourth-order valence-corrected chi connectivity index (χ4v) is 2.31. The molecule has 1 aromatic carbocycles. The monoisotopic (exact) mass is 235 g/mol. The van der Waals surface area contributed by atoms with Gasteiger partial charge in [-0.2, -0.15) is 13.3 Å². The van der Waals surface area contributed by atoms with Crippen molar-refractivity contribution in [2.75, 3.05) is 6.35 Å². The molecule has 1 aromatic rings. The Hall–Kier alpha value is -0.810. The van der Waals surface area contributed by atoms with E-state index in [9.17, 15) is 13.0 Å². The highest BCUT2D eigenvalue weighted by molar-refractivity contribution is 7.87. The van der Waals surface area contributed by atoms with E-state index in [4.69, 9.17) is 4.89 Å². The molecule has 0 amide bonds. The minimum atomic E-state index is -3.90. The Kier molecular flexibility index (Phi) is 3.71. The zero-order valence-corrected chi connectivity index (χ0v) is 8.74. The van der Waals surface area contributed by atoms with E-state index in [0.29, 0.717) is 0 Å². The third-order valence-electron chi connectivity index (χ3n) is 1.35. The molecule has 1 N–H and O–H groups in total. The highest BCUT2D eigenvalue weighted by atomic mass is 32.2. The molecule has 14 heavy (non-hydrogen) atoms. The molecule has 0 aliphatic carbocycles. The molecule has 0 spiro atoms. The van der Waals surface area contributed by atoms with E-state index in [0.717, 1.165) is 0 Å². The predicted octanol–water partition coefficient (Wildman–Crippen LogP) is 1.08. The highest BCUT2D eigenvalue weighted by Gasteiger charge is 2.21. The summed E-state index contributed by atoms with van der Waals surface area (Å²) < 4.78 is 37.1. The Morgan fingerprint density at radius 3 is 2.36 bits per heavy atom. The second-order valence-electron chi connectivity index (χ2n) is 2.37. The van der Waals surface area contributed by atoms with Crippen LogP contribution in [0.5, 0.6) is 0 Å². The molecule has 0 heterocycles. The van der Waals surface area contributed by atoms with E-state index in [1.54, 1.807) is 6.07 Å². The van der Waals surface area contributed by atoms with Crippen LogP contribution in [0.3, 0.4) is 0 Å². The van der Waals surface area contributed by atoms with Crippen LogP contribution in [0.15, 0.2) is 35.2 Å². The average molecular weight is 235 g/mol. The molecule has 0 bridgehead atoms. The molecule has 76 valence electrons. The van der Waals surface area contributed by atoms with Gasteiger partial charge in [0.1, 0.15) is 0 Å². The molecule has 7 heteroatoms. The van der Waals surface area contributed by atoms with Gasteiger partial charge in [0.2, 0.25) is 0 Å². The van der Waals surface area contributed by atoms with Gasteiger partial charge in [-0.25, -0.2) is 4.18 Å². The minimum Gasteiger partial charge on any atom is -0.213 e. The summed E-state index contributed by atoms with van der Waals surface area (Å²) >= 11 is 0. The van der Waals surface area contributed by atoms with Gasteiger partial charge in [0.15, 0.2) is 0 Å². The van der Waals surface area contributed by atoms with E-state index in [1.807, 2.05) is 0 Å². The standard InChI is InChI=1S/C7H7O5PS/c8-13(9)6-12-14(10,11)7-4-2-1-3-5-7/h1-5H,6H2/p+1. The minimum absolute atomic E-state index is 0.0307. The summed E-state index contributed by atoms with van der Waals surface area (Å²) in [5.74, 6) is 0. The molecule has 0 fully saturated rings. The van der Waals surface area contributed by atoms with Gasteiger partial charge in [-0.1, -0.05) is 18.2 Å². The lowest BCUT2D eigenvalue weighted by Gasteiger charge is -1.99. The van der Waals surface area contributed by atoms with Gasteiger partial charge >= 0.3 is 18.1 Å². The summed E-state index contributed by atoms with van der Waals surface area (Å²) in [6, 6.07) is 7.43. The first-order valence-electron chi connectivity index (χ1n) is 3.60. The van der Waals surface area contributed by atoms with Crippen LogP contribution >= 0.6 is 8.03 Å². The summed E-state index contributed by atoms with van der Waals surface area (Å²) in [6.07, 6.45) is -0.716. The molecule has 0 saturated carbocycles. The van der Waals surface area contributed by atoms with E-state index in [2.05, 4.69) is 4.18 Å². The quantitative estimate of drug-likeness (QED) is 0.624. The lowest BCUT2D eigenvalue weighted by Crippen LogP contribution is -2.05. The highest BCUT2D eigenvalue weighted by Crippen LogP contribution is 2.18. The molecule has 1 atom stereocenters. The molecular weight excluding hydrogens is 227 g/mol. The van der Waals surface area contributed by atoms with Crippen LogP contribution in [-0.4, -0.2) is 19.7 Å². The van der Waals surface area contributed by atoms with Crippen LogP contribution in [0.4, 0.5) is 0 Å².